The first kappa shape index (κ1) is 12.6. The average molecular weight is 197 g/mol. The minimum absolute atomic E-state index is 1.06. The standard InChI is InChI=1S/C10H15N.CH5P/c1-4-6-10-8-11(3)7-9(10)5-2;1-2/h4-6H,1,7-8H2,2-3H3;2H2,1H3/b9-5-,10-6-;. The maximum Gasteiger partial charge on any atom is 0.0237 e. The molecule has 0 aromatic carbocycles. The van der Waals surface area contributed by atoms with Gasteiger partial charge in [0, 0.05) is 13.1 Å². The number of hydrogen-bond donors (Lipinski definition) is 0. The summed E-state index contributed by atoms with van der Waals surface area (Å²) in [6.07, 6.45) is 6.13. The van der Waals surface area contributed by atoms with Gasteiger partial charge in [0.25, 0.3) is 0 Å². The lowest BCUT2D eigenvalue weighted by atomic mass is 10.1. The summed E-state index contributed by atoms with van der Waals surface area (Å²) in [5.41, 5.74) is 2.84. The molecule has 74 valence electrons. The maximum atomic E-state index is 3.70. The zero-order chi connectivity index (χ0) is 10.3. The third kappa shape index (κ3) is 3.89. The first-order valence-corrected chi connectivity index (χ1v) is 5.67. The summed E-state index contributed by atoms with van der Waals surface area (Å²) < 4.78 is 0. The smallest absolute Gasteiger partial charge is 0.0237 e. The van der Waals surface area contributed by atoms with Crippen molar-refractivity contribution in [2.45, 2.75) is 6.92 Å². The zero-order valence-corrected chi connectivity index (χ0v) is 10.0. The highest BCUT2D eigenvalue weighted by Gasteiger charge is 2.15. The first-order chi connectivity index (χ1) is 6.27. The molecule has 13 heavy (non-hydrogen) atoms. The Bertz CT molecular complexity index is 216. The normalized spacial score (nSPS) is 23.1. The van der Waals surface area contributed by atoms with Crippen molar-refractivity contribution in [3.8, 4) is 0 Å². The third-order valence-corrected chi connectivity index (χ3v) is 1.96. The topological polar surface area (TPSA) is 3.24 Å². The van der Waals surface area contributed by atoms with E-state index in [-0.39, 0.29) is 0 Å². The molecule has 0 aromatic heterocycles. The largest absolute Gasteiger partial charge is 0.298 e. The first-order valence-electron chi connectivity index (χ1n) is 4.51. The fourth-order valence-electron chi connectivity index (χ4n) is 1.42. The molecule has 0 amide bonds. The van der Waals surface area contributed by atoms with Crippen LogP contribution in [0.4, 0.5) is 0 Å². The Balaban J connectivity index is 0.000000671. The minimum Gasteiger partial charge on any atom is -0.298 e. The van der Waals surface area contributed by atoms with Crippen molar-refractivity contribution in [3.05, 3.63) is 36.0 Å². The van der Waals surface area contributed by atoms with Crippen molar-refractivity contribution in [1.82, 2.24) is 4.90 Å². The van der Waals surface area contributed by atoms with Crippen LogP contribution >= 0.6 is 9.24 Å². The van der Waals surface area contributed by atoms with Gasteiger partial charge in [-0.2, -0.15) is 0 Å². The molecule has 0 aromatic rings. The number of allylic oxidation sites excluding steroid dienone is 3. The molecule has 0 radical (unpaired) electrons. The van der Waals surface area contributed by atoms with E-state index in [1.807, 2.05) is 12.7 Å². The molecule has 1 unspecified atom stereocenters. The summed E-state index contributed by atoms with van der Waals surface area (Å²) >= 11 is 0. The molecule has 1 atom stereocenters. The molecule has 2 heteroatoms. The summed E-state index contributed by atoms with van der Waals surface area (Å²) in [6, 6.07) is 0. The van der Waals surface area contributed by atoms with Crippen LogP contribution < -0.4 is 0 Å². The predicted molar refractivity (Wildman–Crippen MR) is 65.2 cm³/mol. The maximum absolute atomic E-state index is 3.70. The van der Waals surface area contributed by atoms with Gasteiger partial charge < -0.3 is 0 Å². The van der Waals surface area contributed by atoms with E-state index in [9.17, 15) is 0 Å². The van der Waals surface area contributed by atoms with Crippen molar-refractivity contribution >= 4 is 9.24 Å². The van der Waals surface area contributed by atoms with Crippen molar-refractivity contribution in [2.24, 2.45) is 0 Å². The summed E-state index contributed by atoms with van der Waals surface area (Å²) in [6.45, 7) is 9.84. The third-order valence-electron chi connectivity index (χ3n) is 1.96. The van der Waals surface area contributed by atoms with E-state index in [1.165, 1.54) is 11.1 Å². The predicted octanol–water partition coefficient (Wildman–Crippen LogP) is 2.48. The van der Waals surface area contributed by atoms with E-state index in [0.717, 1.165) is 13.1 Å². The minimum atomic E-state index is 1.06. The number of hydrogen-bond acceptors (Lipinski definition) is 1. The summed E-state index contributed by atoms with van der Waals surface area (Å²) in [5, 5.41) is 0. The van der Waals surface area contributed by atoms with Crippen LogP contribution in [0.2, 0.25) is 0 Å². The Kier molecular flexibility index (Phi) is 6.84. The molecule has 0 spiro atoms. The van der Waals surface area contributed by atoms with E-state index in [0.29, 0.717) is 0 Å². The highest BCUT2D eigenvalue weighted by molar-refractivity contribution is 7.15. The fraction of sp³-hybridized carbons (Fsp3) is 0.455. The summed E-state index contributed by atoms with van der Waals surface area (Å²) in [4.78, 5) is 2.30. The van der Waals surface area contributed by atoms with Crippen LogP contribution in [-0.4, -0.2) is 31.7 Å². The molecule has 0 saturated carbocycles. The highest BCUT2D eigenvalue weighted by atomic mass is 31.0. The van der Waals surface area contributed by atoms with Crippen molar-refractivity contribution in [3.63, 3.8) is 0 Å². The average Bonchev–Trinajstić information content (AvgIpc) is 2.50. The molecule has 1 nitrogen and oxygen atoms in total. The lowest BCUT2D eigenvalue weighted by Gasteiger charge is -2.01. The highest BCUT2D eigenvalue weighted by Crippen LogP contribution is 2.19. The van der Waals surface area contributed by atoms with E-state index in [2.05, 4.69) is 46.8 Å². The van der Waals surface area contributed by atoms with Crippen molar-refractivity contribution in [2.75, 3.05) is 26.8 Å². The Hall–Kier alpha value is -0.390. The fourth-order valence-corrected chi connectivity index (χ4v) is 1.42. The Morgan fingerprint density at radius 2 is 1.85 bits per heavy atom. The van der Waals surface area contributed by atoms with Gasteiger partial charge in [0.1, 0.15) is 0 Å². The van der Waals surface area contributed by atoms with Gasteiger partial charge in [-0.1, -0.05) is 31.5 Å². The van der Waals surface area contributed by atoms with Gasteiger partial charge in [-0.3, -0.25) is 4.90 Å². The van der Waals surface area contributed by atoms with Crippen LogP contribution in [0.25, 0.3) is 0 Å². The van der Waals surface area contributed by atoms with Crippen LogP contribution in [0, 0.1) is 0 Å². The van der Waals surface area contributed by atoms with Crippen LogP contribution in [0.1, 0.15) is 6.92 Å². The SMILES string of the molecule is C=C/C=C1/CN(C)C/C1=C/C.CP. The quantitative estimate of drug-likeness (QED) is 0.584. The molecule has 1 rings (SSSR count). The molecule has 1 fully saturated rings. The monoisotopic (exact) mass is 197 g/mol. The molecule has 1 saturated heterocycles. The summed E-state index contributed by atoms with van der Waals surface area (Å²) in [7, 11) is 4.55. The van der Waals surface area contributed by atoms with Crippen LogP contribution in [0.3, 0.4) is 0 Å². The molecular formula is C11H20NP. The van der Waals surface area contributed by atoms with Gasteiger partial charge in [0.05, 0.1) is 0 Å². The Morgan fingerprint density at radius 3 is 2.31 bits per heavy atom. The van der Waals surface area contributed by atoms with E-state index < -0.39 is 0 Å². The molecular weight excluding hydrogens is 177 g/mol. The Morgan fingerprint density at radius 1 is 1.31 bits per heavy atom. The number of likely N-dealkylation sites (N-methyl/N-ethyl adjacent to an activating group) is 1. The molecule has 0 aliphatic carbocycles. The van der Waals surface area contributed by atoms with Crippen LogP contribution in [-0.2, 0) is 0 Å². The molecule has 0 N–H and O–H groups in total. The zero-order valence-electron chi connectivity index (χ0n) is 8.88. The second-order valence-corrected chi connectivity index (χ2v) is 2.91. The lowest BCUT2D eigenvalue weighted by Crippen LogP contribution is -2.11. The number of nitrogens with zero attached hydrogens (tertiary/aromatic N) is 1. The second-order valence-electron chi connectivity index (χ2n) is 2.91. The van der Waals surface area contributed by atoms with Gasteiger partial charge in [0.15, 0.2) is 0 Å². The Labute approximate surface area is 84.4 Å². The van der Waals surface area contributed by atoms with Gasteiger partial charge in [-0.15, -0.1) is 9.24 Å². The van der Waals surface area contributed by atoms with Crippen LogP contribution in [0.15, 0.2) is 36.0 Å². The van der Waals surface area contributed by atoms with E-state index in [1.54, 1.807) is 0 Å². The van der Waals surface area contributed by atoms with Gasteiger partial charge in [-0.05, 0) is 25.1 Å². The lowest BCUT2D eigenvalue weighted by molar-refractivity contribution is 0.437. The van der Waals surface area contributed by atoms with Crippen molar-refractivity contribution < 1.29 is 0 Å². The molecule has 1 heterocycles. The van der Waals surface area contributed by atoms with Crippen molar-refractivity contribution in [1.29, 1.82) is 0 Å². The van der Waals surface area contributed by atoms with Crippen LogP contribution in [0.5, 0.6) is 0 Å². The molecule has 1 aliphatic rings. The van der Waals surface area contributed by atoms with Gasteiger partial charge >= 0.3 is 0 Å². The molecule has 0 bridgehead atoms. The van der Waals surface area contributed by atoms with Gasteiger partial charge in [0.2, 0.25) is 0 Å². The second kappa shape index (κ2) is 7.06. The summed E-state index contributed by atoms with van der Waals surface area (Å²) in [5.74, 6) is 0. The van der Waals surface area contributed by atoms with Gasteiger partial charge in [-0.25, -0.2) is 0 Å². The molecule has 1 aliphatic heterocycles. The number of rotatable bonds is 1. The van der Waals surface area contributed by atoms with E-state index in [4.69, 9.17) is 0 Å². The number of likely N-dealkylation sites (tertiary alicyclic amines) is 1. The van der Waals surface area contributed by atoms with E-state index >= 15 is 0 Å².